The van der Waals surface area contributed by atoms with Gasteiger partial charge in [-0.2, -0.15) is 4.98 Å². The van der Waals surface area contributed by atoms with Crippen LogP contribution in [0.1, 0.15) is 0 Å². The summed E-state index contributed by atoms with van der Waals surface area (Å²) in [6.07, 6.45) is 0. The average Bonchev–Trinajstić information content (AvgIpc) is 2.39. The molecule has 0 atom stereocenters. The monoisotopic (exact) mass is 1120 g/mol. The molecule has 0 saturated carbocycles. The summed E-state index contributed by atoms with van der Waals surface area (Å²) in [7, 11) is 0. The Kier molecular flexibility index (Phi) is 11.2. The topological polar surface area (TPSA) is 45.5 Å². The molecule has 0 bridgehead atoms. The van der Waals surface area contributed by atoms with Gasteiger partial charge in [-0.25, -0.2) is 4.98 Å². The number of nitrogens with zero attached hydrogens (tertiary/aromatic N) is 6. The second-order valence-corrected chi connectivity index (χ2v) is 23.0. The number of rotatable bonds is 9. The van der Waals surface area contributed by atoms with Gasteiger partial charge in [-0.15, -0.1) is 0 Å². The summed E-state index contributed by atoms with van der Waals surface area (Å²) in [6, 6.07) is 114. The number of hydrogen-bond donors (Lipinski definition) is 0. The van der Waals surface area contributed by atoms with E-state index in [1.54, 1.807) is 0 Å². The van der Waals surface area contributed by atoms with Crippen LogP contribution in [0, 0.1) is 0 Å². The van der Waals surface area contributed by atoms with E-state index >= 15 is 0 Å². The Morgan fingerprint density at radius 3 is 1.00 bits per heavy atom. The quantitative estimate of drug-likeness (QED) is 0.145. The standard InChI is InChI=1S/C82H52N6/c1-5-21-53(22-6-1)59-45-60(54-23-7-2-8-24-54)47-61(46-59)72-52-81(87-75-35-19-13-29-64(75)68-41-37-57(50-79(68)87)55-39-43-77-70(48-55)66-31-15-17-33-73(66)85(77)62-25-9-3-10-26-62)84-82(83-72)88-76-36-20-14-30-65(76)69-42-38-58(51-80(69)88)56-40-44-78-71(49-56)67-32-16-18-34-74(67)86(78)63-27-11-4-12-28-63/h1-52H. The molecule has 0 N–H and O–H groups in total. The molecule has 410 valence electrons. The lowest BCUT2D eigenvalue weighted by Crippen LogP contribution is -2.07. The summed E-state index contributed by atoms with van der Waals surface area (Å²) in [5, 5.41) is 9.39. The van der Waals surface area contributed by atoms with Crippen molar-refractivity contribution in [3.8, 4) is 78.9 Å². The fraction of sp³-hybridized carbons (Fsp3) is 0. The molecule has 0 amide bonds. The molecule has 5 heterocycles. The highest BCUT2D eigenvalue weighted by atomic mass is 15.2. The van der Waals surface area contributed by atoms with Crippen LogP contribution < -0.4 is 0 Å². The molecule has 18 rings (SSSR count). The summed E-state index contributed by atoms with van der Waals surface area (Å²) in [6.45, 7) is 0. The van der Waals surface area contributed by atoms with Crippen LogP contribution in [0.15, 0.2) is 315 Å². The van der Waals surface area contributed by atoms with Crippen LogP contribution in [-0.4, -0.2) is 28.2 Å². The van der Waals surface area contributed by atoms with Crippen molar-refractivity contribution >= 4 is 87.2 Å². The Labute approximate surface area is 507 Å². The van der Waals surface area contributed by atoms with E-state index in [1.807, 2.05) is 0 Å². The van der Waals surface area contributed by atoms with E-state index in [4.69, 9.17) is 9.97 Å². The normalized spacial score (nSPS) is 11.9. The van der Waals surface area contributed by atoms with Gasteiger partial charge < -0.3 is 9.13 Å². The molecule has 0 saturated heterocycles. The van der Waals surface area contributed by atoms with Crippen molar-refractivity contribution < 1.29 is 0 Å². The van der Waals surface area contributed by atoms with E-state index < -0.39 is 0 Å². The minimum absolute atomic E-state index is 0.575. The summed E-state index contributed by atoms with van der Waals surface area (Å²) in [4.78, 5) is 11.6. The largest absolute Gasteiger partial charge is 0.309 e. The van der Waals surface area contributed by atoms with Crippen LogP contribution in [0.3, 0.4) is 0 Å². The third-order valence-corrected chi connectivity index (χ3v) is 18.0. The van der Waals surface area contributed by atoms with Crippen molar-refractivity contribution in [3.63, 3.8) is 0 Å². The highest BCUT2D eigenvalue weighted by Crippen LogP contribution is 2.42. The molecule has 88 heavy (non-hydrogen) atoms. The molecular weight excluding hydrogens is 1070 g/mol. The summed E-state index contributed by atoms with van der Waals surface area (Å²) in [5.41, 5.74) is 21.9. The Hall–Kier alpha value is -11.9. The SMILES string of the molecule is c1ccc(-c2cc(-c3ccccc3)cc(-c3cc(-n4c5ccccc5c5ccc(-c6ccc7c(c6)c6ccccc6n7-c6ccccc6)cc54)nc(-n4c5ccccc5c5ccc(-c6ccc7c(c6)c6ccccc6n7-c6ccccc6)cc54)n3)c2)cc1. The van der Waals surface area contributed by atoms with Gasteiger partial charge in [0, 0.05) is 66.1 Å². The Morgan fingerprint density at radius 2 is 0.523 bits per heavy atom. The Bertz CT molecular complexity index is 5440. The minimum atomic E-state index is 0.575. The number of fused-ring (bicyclic) bond motifs is 12. The highest BCUT2D eigenvalue weighted by Gasteiger charge is 2.23. The van der Waals surface area contributed by atoms with Crippen molar-refractivity contribution in [1.29, 1.82) is 0 Å². The zero-order valence-electron chi connectivity index (χ0n) is 47.7. The van der Waals surface area contributed by atoms with Gasteiger partial charge in [-0.3, -0.25) is 9.13 Å². The first kappa shape index (κ1) is 49.6. The van der Waals surface area contributed by atoms with Crippen molar-refractivity contribution in [2.75, 3.05) is 0 Å². The molecule has 6 nitrogen and oxygen atoms in total. The predicted molar refractivity (Wildman–Crippen MR) is 367 cm³/mol. The predicted octanol–water partition coefficient (Wildman–Crippen LogP) is 21.2. The lowest BCUT2D eigenvalue weighted by atomic mass is 9.95. The van der Waals surface area contributed by atoms with Crippen molar-refractivity contribution in [3.05, 3.63) is 315 Å². The van der Waals surface area contributed by atoms with Crippen molar-refractivity contribution in [2.24, 2.45) is 0 Å². The fourth-order valence-electron chi connectivity index (χ4n) is 13.9. The average molecular weight is 1120 g/mol. The molecule has 0 aliphatic heterocycles. The molecule has 0 fully saturated rings. The van der Waals surface area contributed by atoms with Gasteiger partial charge in [-0.1, -0.05) is 206 Å². The van der Waals surface area contributed by atoms with Gasteiger partial charge in [-0.05, 0) is 148 Å². The van der Waals surface area contributed by atoms with Crippen LogP contribution in [0.25, 0.3) is 166 Å². The van der Waals surface area contributed by atoms with E-state index in [0.717, 1.165) is 117 Å². The third-order valence-electron chi connectivity index (χ3n) is 18.0. The van der Waals surface area contributed by atoms with Crippen LogP contribution in [0.4, 0.5) is 0 Å². The van der Waals surface area contributed by atoms with Gasteiger partial charge in [0.1, 0.15) is 5.82 Å². The van der Waals surface area contributed by atoms with Gasteiger partial charge in [0.2, 0.25) is 5.95 Å². The van der Waals surface area contributed by atoms with Gasteiger partial charge in [0.25, 0.3) is 0 Å². The molecule has 0 aliphatic rings. The summed E-state index contributed by atoms with van der Waals surface area (Å²) < 4.78 is 9.41. The number of aromatic nitrogens is 6. The first-order chi connectivity index (χ1) is 43.6. The Balaban J connectivity index is 0.878. The molecule has 0 radical (unpaired) electrons. The first-order valence-corrected chi connectivity index (χ1v) is 30.0. The van der Waals surface area contributed by atoms with Crippen LogP contribution in [0.2, 0.25) is 0 Å². The maximum atomic E-state index is 5.83. The first-order valence-electron chi connectivity index (χ1n) is 30.0. The number of hydrogen-bond acceptors (Lipinski definition) is 2. The molecular formula is C82H52N6. The van der Waals surface area contributed by atoms with Crippen LogP contribution >= 0.6 is 0 Å². The van der Waals surface area contributed by atoms with E-state index in [0.29, 0.717) is 5.95 Å². The molecule has 0 aliphatic carbocycles. The van der Waals surface area contributed by atoms with E-state index in [1.165, 1.54) is 43.6 Å². The number of benzene rings is 13. The van der Waals surface area contributed by atoms with E-state index in [2.05, 4.69) is 334 Å². The van der Waals surface area contributed by atoms with E-state index in [-0.39, 0.29) is 0 Å². The van der Waals surface area contributed by atoms with Gasteiger partial charge >= 0.3 is 0 Å². The molecule has 18 aromatic rings. The molecule has 13 aromatic carbocycles. The zero-order valence-corrected chi connectivity index (χ0v) is 47.7. The lowest BCUT2D eigenvalue weighted by molar-refractivity contribution is 0.952. The Morgan fingerprint density at radius 1 is 0.182 bits per heavy atom. The van der Waals surface area contributed by atoms with E-state index in [9.17, 15) is 0 Å². The zero-order chi connectivity index (χ0) is 57.8. The number of para-hydroxylation sites is 6. The smallest absolute Gasteiger partial charge is 0.237 e. The minimum Gasteiger partial charge on any atom is -0.309 e. The second kappa shape index (κ2) is 19.9. The van der Waals surface area contributed by atoms with Crippen LogP contribution in [-0.2, 0) is 0 Å². The fourth-order valence-corrected chi connectivity index (χ4v) is 13.9. The third kappa shape index (κ3) is 7.89. The summed E-state index contributed by atoms with van der Waals surface area (Å²) in [5.74, 6) is 1.34. The van der Waals surface area contributed by atoms with Crippen LogP contribution in [0.5, 0.6) is 0 Å². The molecule has 6 heteroatoms. The molecule has 0 unspecified atom stereocenters. The maximum absolute atomic E-state index is 5.83. The van der Waals surface area contributed by atoms with Gasteiger partial charge in [0.15, 0.2) is 0 Å². The lowest BCUT2D eigenvalue weighted by Gasteiger charge is -2.16. The highest BCUT2D eigenvalue weighted by molar-refractivity contribution is 6.14. The van der Waals surface area contributed by atoms with Crippen molar-refractivity contribution in [2.45, 2.75) is 0 Å². The van der Waals surface area contributed by atoms with Gasteiger partial charge in [0.05, 0.1) is 49.8 Å². The second-order valence-electron chi connectivity index (χ2n) is 23.0. The molecule has 0 spiro atoms. The van der Waals surface area contributed by atoms with Crippen molar-refractivity contribution in [1.82, 2.24) is 28.2 Å². The maximum Gasteiger partial charge on any atom is 0.237 e. The summed E-state index contributed by atoms with van der Waals surface area (Å²) >= 11 is 0. The molecule has 5 aromatic heterocycles.